The van der Waals surface area contributed by atoms with Crippen molar-refractivity contribution in [3.63, 3.8) is 0 Å². The van der Waals surface area contributed by atoms with Crippen molar-refractivity contribution in [1.82, 2.24) is 0 Å². The van der Waals surface area contributed by atoms with Crippen LogP contribution in [0.15, 0.2) is 53.7 Å². The van der Waals surface area contributed by atoms with Gasteiger partial charge in [-0.1, -0.05) is 17.3 Å². The quantitative estimate of drug-likeness (QED) is 0.206. The van der Waals surface area contributed by atoms with Crippen molar-refractivity contribution < 1.29 is 23.4 Å². The standard InChI is InChI=1S/C28H36FNO4/c1-5-6-15-32-26-16-20(2)27(21(3)17-26)34-19-23-9-7-22(8-10-23)18-33-25-13-11-24(12-14-25)28(29)30-31-4/h5-6,11-14,16-17,22-23H,7-10,15,18-19H2,1-4H3/b6-5+,30-28?. The highest BCUT2D eigenvalue weighted by molar-refractivity contribution is 5.92. The van der Waals surface area contributed by atoms with Crippen LogP contribution in [-0.2, 0) is 4.84 Å². The van der Waals surface area contributed by atoms with Gasteiger partial charge in [-0.05, 0) is 106 Å². The smallest absolute Gasteiger partial charge is 0.257 e. The lowest BCUT2D eigenvalue weighted by atomic mass is 9.83. The average molecular weight is 470 g/mol. The average Bonchev–Trinajstić information content (AvgIpc) is 2.83. The maximum absolute atomic E-state index is 13.6. The van der Waals surface area contributed by atoms with Gasteiger partial charge in [0.1, 0.15) is 31.0 Å². The van der Waals surface area contributed by atoms with Gasteiger partial charge in [-0.15, -0.1) is 0 Å². The van der Waals surface area contributed by atoms with Gasteiger partial charge < -0.3 is 19.0 Å². The summed E-state index contributed by atoms with van der Waals surface area (Å²) in [6.45, 7) is 8.13. The number of nitrogens with zero attached hydrogens (tertiary/aromatic N) is 1. The minimum atomic E-state index is -0.645. The molecule has 0 unspecified atom stereocenters. The molecule has 2 aromatic carbocycles. The Morgan fingerprint density at radius 3 is 2.06 bits per heavy atom. The van der Waals surface area contributed by atoms with E-state index in [1.165, 1.54) is 7.11 Å². The van der Waals surface area contributed by atoms with E-state index in [0.717, 1.165) is 60.7 Å². The Morgan fingerprint density at radius 1 is 0.912 bits per heavy atom. The van der Waals surface area contributed by atoms with E-state index in [2.05, 4.69) is 23.8 Å². The maximum atomic E-state index is 13.6. The van der Waals surface area contributed by atoms with Gasteiger partial charge in [0.05, 0.1) is 13.2 Å². The summed E-state index contributed by atoms with van der Waals surface area (Å²) in [5.41, 5.74) is 2.59. The Balaban J connectivity index is 1.41. The summed E-state index contributed by atoms with van der Waals surface area (Å²) in [6, 6.07) is 10.9. The normalized spacial score (nSPS) is 18.7. The zero-order valence-corrected chi connectivity index (χ0v) is 20.7. The molecule has 0 atom stereocenters. The molecule has 0 heterocycles. The third-order valence-corrected chi connectivity index (χ3v) is 6.20. The summed E-state index contributed by atoms with van der Waals surface area (Å²) in [6.07, 6.45) is 8.49. The monoisotopic (exact) mass is 469 g/mol. The van der Waals surface area contributed by atoms with Crippen molar-refractivity contribution in [2.45, 2.75) is 46.5 Å². The molecule has 1 fully saturated rings. The highest BCUT2D eigenvalue weighted by Crippen LogP contribution is 2.33. The zero-order valence-electron chi connectivity index (χ0n) is 20.7. The maximum Gasteiger partial charge on any atom is 0.257 e. The number of halogens is 1. The van der Waals surface area contributed by atoms with Crippen LogP contribution in [-0.4, -0.2) is 32.9 Å². The molecule has 0 bridgehead atoms. The molecule has 34 heavy (non-hydrogen) atoms. The minimum Gasteiger partial charge on any atom is -0.493 e. The predicted octanol–water partition coefficient (Wildman–Crippen LogP) is 6.80. The zero-order chi connectivity index (χ0) is 24.3. The second-order valence-corrected chi connectivity index (χ2v) is 8.86. The van der Waals surface area contributed by atoms with Crippen molar-refractivity contribution in [2.24, 2.45) is 17.0 Å². The number of hydrogen-bond acceptors (Lipinski definition) is 5. The summed E-state index contributed by atoms with van der Waals surface area (Å²) in [7, 11) is 1.32. The molecule has 6 heteroatoms. The van der Waals surface area contributed by atoms with Crippen LogP contribution >= 0.6 is 0 Å². The molecule has 0 amide bonds. The molecule has 2 aromatic rings. The van der Waals surface area contributed by atoms with E-state index in [9.17, 15) is 4.39 Å². The van der Waals surface area contributed by atoms with Crippen molar-refractivity contribution >= 4 is 5.97 Å². The number of allylic oxidation sites excluding steroid dienone is 1. The molecule has 0 radical (unpaired) electrons. The Morgan fingerprint density at radius 2 is 1.50 bits per heavy atom. The molecule has 0 spiro atoms. The predicted molar refractivity (Wildman–Crippen MR) is 134 cm³/mol. The fourth-order valence-corrected chi connectivity index (χ4v) is 4.26. The fourth-order valence-electron chi connectivity index (χ4n) is 4.26. The van der Waals surface area contributed by atoms with E-state index >= 15 is 0 Å². The van der Waals surface area contributed by atoms with Gasteiger partial charge in [-0.25, -0.2) is 0 Å². The Bertz CT molecular complexity index is 940. The van der Waals surface area contributed by atoms with E-state index < -0.39 is 5.97 Å². The van der Waals surface area contributed by atoms with E-state index in [4.69, 9.17) is 14.2 Å². The lowest BCUT2D eigenvalue weighted by molar-refractivity contribution is 0.147. The first-order chi connectivity index (χ1) is 16.5. The van der Waals surface area contributed by atoms with Crippen LogP contribution in [0.3, 0.4) is 0 Å². The Hall–Kier alpha value is -3.02. The van der Waals surface area contributed by atoms with Crippen LogP contribution in [0.1, 0.15) is 49.3 Å². The number of rotatable bonds is 11. The van der Waals surface area contributed by atoms with Crippen LogP contribution in [0, 0.1) is 25.7 Å². The van der Waals surface area contributed by atoms with Gasteiger partial charge in [0.25, 0.3) is 5.97 Å². The molecular weight excluding hydrogens is 433 g/mol. The number of ether oxygens (including phenoxy) is 3. The number of oxime groups is 1. The lowest BCUT2D eigenvalue weighted by Gasteiger charge is -2.28. The van der Waals surface area contributed by atoms with Gasteiger partial charge in [-0.3, -0.25) is 0 Å². The molecule has 184 valence electrons. The van der Waals surface area contributed by atoms with Crippen molar-refractivity contribution in [2.75, 3.05) is 26.9 Å². The highest BCUT2D eigenvalue weighted by atomic mass is 19.1. The summed E-state index contributed by atoms with van der Waals surface area (Å²) in [5.74, 6) is 3.03. The molecule has 0 saturated heterocycles. The van der Waals surface area contributed by atoms with Gasteiger partial charge in [0.2, 0.25) is 0 Å². The van der Waals surface area contributed by atoms with Crippen LogP contribution in [0.5, 0.6) is 17.2 Å². The lowest BCUT2D eigenvalue weighted by Crippen LogP contribution is -2.23. The molecule has 0 aromatic heterocycles. The third-order valence-electron chi connectivity index (χ3n) is 6.20. The summed E-state index contributed by atoms with van der Waals surface area (Å²) < 4.78 is 31.6. The van der Waals surface area contributed by atoms with Crippen LogP contribution in [0.25, 0.3) is 0 Å². The largest absolute Gasteiger partial charge is 0.493 e. The van der Waals surface area contributed by atoms with Gasteiger partial charge in [0.15, 0.2) is 0 Å². The highest BCUT2D eigenvalue weighted by Gasteiger charge is 2.23. The van der Waals surface area contributed by atoms with E-state index in [-0.39, 0.29) is 0 Å². The number of aryl methyl sites for hydroxylation is 2. The number of hydrogen-bond donors (Lipinski definition) is 0. The summed E-state index contributed by atoms with van der Waals surface area (Å²) in [5, 5.41) is 3.30. The fraction of sp³-hybridized carbons (Fsp3) is 0.464. The van der Waals surface area contributed by atoms with Crippen molar-refractivity contribution in [1.29, 1.82) is 0 Å². The Labute approximate surface area is 202 Å². The third kappa shape index (κ3) is 7.51. The van der Waals surface area contributed by atoms with Crippen LogP contribution in [0.4, 0.5) is 4.39 Å². The molecule has 3 rings (SSSR count). The van der Waals surface area contributed by atoms with E-state index in [0.29, 0.717) is 30.6 Å². The molecule has 0 aliphatic heterocycles. The van der Waals surface area contributed by atoms with E-state index in [1.54, 1.807) is 24.3 Å². The second kappa shape index (κ2) is 13.0. The van der Waals surface area contributed by atoms with Crippen molar-refractivity contribution in [3.05, 3.63) is 65.2 Å². The summed E-state index contributed by atoms with van der Waals surface area (Å²) in [4.78, 5) is 4.46. The second-order valence-electron chi connectivity index (χ2n) is 8.86. The topological polar surface area (TPSA) is 49.3 Å². The Kier molecular flexibility index (Phi) is 9.80. The summed E-state index contributed by atoms with van der Waals surface area (Å²) >= 11 is 0. The van der Waals surface area contributed by atoms with Crippen LogP contribution < -0.4 is 14.2 Å². The van der Waals surface area contributed by atoms with E-state index in [1.807, 2.05) is 31.2 Å². The first-order valence-electron chi connectivity index (χ1n) is 12.0. The molecule has 1 aliphatic rings. The van der Waals surface area contributed by atoms with Crippen LogP contribution in [0.2, 0.25) is 0 Å². The van der Waals surface area contributed by atoms with Crippen molar-refractivity contribution in [3.8, 4) is 17.2 Å². The number of benzene rings is 2. The molecular formula is C28H36FNO4. The van der Waals surface area contributed by atoms with Gasteiger partial charge >= 0.3 is 0 Å². The molecule has 1 aliphatic carbocycles. The van der Waals surface area contributed by atoms with Gasteiger partial charge in [0, 0.05) is 5.56 Å². The SMILES string of the molecule is C/C=C/COc1cc(C)c(OCC2CCC(COc3ccc(C(F)=NOC)cc3)CC2)c(C)c1. The first kappa shape index (κ1) is 25.6. The minimum absolute atomic E-state index is 0.371. The first-order valence-corrected chi connectivity index (χ1v) is 12.0. The van der Waals surface area contributed by atoms with Gasteiger partial charge in [-0.2, -0.15) is 4.39 Å². The molecule has 0 N–H and O–H groups in total. The molecule has 1 saturated carbocycles. The molecule has 5 nitrogen and oxygen atoms in total.